The number of nitriles is 1. The normalized spacial score (nSPS) is 11.1. The monoisotopic (exact) mass is 200 g/mol. The topological polar surface area (TPSA) is 61.6 Å². The number of aromatic nitrogens is 2. The van der Waals surface area contributed by atoms with Gasteiger partial charge in [0.15, 0.2) is 5.69 Å². The zero-order valence-corrected chi connectivity index (χ0v) is 8.57. The summed E-state index contributed by atoms with van der Waals surface area (Å²) in [5.74, 6) is 3.25. The summed E-state index contributed by atoms with van der Waals surface area (Å²) in [7, 11) is 0. The fraction of sp³-hybridized carbons (Fsp3) is 0.364. The average Bonchev–Trinajstić information content (AvgIpc) is 2.29. The van der Waals surface area contributed by atoms with Crippen molar-refractivity contribution in [3.05, 3.63) is 18.1 Å². The SMILES string of the molecule is C#CCC(CC)Nc1cnc(C#N)cn1. The van der Waals surface area contributed by atoms with Crippen molar-refractivity contribution in [1.82, 2.24) is 9.97 Å². The summed E-state index contributed by atoms with van der Waals surface area (Å²) in [4.78, 5) is 7.96. The van der Waals surface area contributed by atoms with E-state index in [4.69, 9.17) is 11.7 Å². The second kappa shape index (κ2) is 5.62. The first-order valence-electron chi connectivity index (χ1n) is 4.72. The number of rotatable bonds is 4. The Kier molecular flexibility index (Phi) is 4.12. The van der Waals surface area contributed by atoms with Crippen molar-refractivity contribution in [3.8, 4) is 18.4 Å². The van der Waals surface area contributed by atoms with E-state index < -0.39 is 0 Å². The minimum absolute atomic E-state index is 0.206. The molecule has 1 rings (SSSR count). The van der Waals surface area contributed by atoms with Crippen molar-refractivity contribution in [1.29, 1.82) is 5.26 Å². The van der Waals surface area contributed by atoms with Crippen molar-refractivity contribution in [2.75, 3.05) is 5.32 Å². The van der Waals surface area contributed by atoms with E-state index in [0.29, 0.717) is 17.9 Å². The van der Waals surface area contributed by atoms with Crippen LogP contribution in [0.4, 0.5) is 5.82 Å². The summed E-state index contributed by atoms with van der Waals surface area (Å²) in [5, 5.41) is 11.7. The zero-order chi connectivity index (χ0) is 11.1. The van der Waals surface area contributed by atoms with E-state index >= 15 is 0 Å². The molecule has 15 heavy (non-hydrogen) atoms. The Bertz CT molecular complexity index is 383. The van der Waals surface area contributed by atoms with Crippen molar-refractivity contribution < 1.29 is 0 Å². The van der Waals surface area contributed by atoms with Gasteiger partial charge in [-0.3, -0.25) is 0 Å². The van der Waals surface area contributed by atoms with Gasteiger partial charge in [0.2, 0.25) is 0 Å². The van der Waals surface area contributed by atoms with Gasteiger partial charge in [-0.2, -0.15) is 5.26 Å². The van der Waals surface area contributed by atoms with Gasteiger partial charge in [-0.15, -0.1) is 12.3 Å². The summed E-state index contributed by atoms with van der Waals surface area (Å²) >= 11 is 0. The summed E-state index contributed by atoms with van der Waals surface area (Å²) < 4.78 is 0. The van der Waals surface area contributed by atoms with Gasteiger partial charge in [-0.25, -0.2) is 9.97 Å². The summed E-state index contributed by atoms with van der Waals surface area (Å²) in [6, 6.07) is 2.12. The van der Waals surface area contributed by atoms with E-state index in [1.165, 1.54) is 12.4 Å². The van der Waals surface area contributed by atoms with Gasteiger partial charge in [0.1, 0.15) is 11.9 Å². The zero-order valence-electron chi connectivity index (χ0n) is 8.57. The first kappa shape index (κ1) is 11.0. The molecule has 0 amide bonds. The lowest BCUT2D eigenvalue weighted by Crippen LogP contribution is -2.18. The molecule has 0 bridgehead atoms. The smallest absolute Gasteiger partial charge is 0.158 e. The molecule has 0 saturated heterocycles. The van der Waals surface area contributed by atoms with Gasteiger partial charge in [-0.1, -0.05) is 6.92 Å². The number of terminal acetylenes is 1. The van der Waals surface area contributed by atoms with Crippen LogP contribution < -0.4 is 5.32 Å². The average molecular weight is 200 g/mol. The maximum atomic E-state index is 8.54. The molecule has 4 nitrogen and oxygen atoms in total. The molecule has 0 aromatic carbocycles. The minimum Gasteiger partial charge on any atom is -0.365 e. The largest absolute Gasteiger partial charge is 0.365 e. The molecule has 1 aromatic heterocycles. The second-order valence-corrected chi connectivity index (χ2v) is 3.06. The van der Waals surface area contributed by atoms with Gasteiger partial charge in [-0.05, 0) is 6.42 Å². The number of hydrogen-bond donors (Lipinski definition) is 1. The van der Waals surface area contributed by atoms with Gasteiger partial charge in [0, 0.05) is 12.5 Å². The molecule has 0 aliphatic heterocycles. The molecule has 0 fully saturated rings. The Labute approximate surface area is 89.4 Å². The summed E-state index contributed by atoms with van der Waals surface area (Å²) in [5.41, 5.74) is 0.311. The Morgan fingerprint density at radius 1 is 1.53 bits per heavy atom. The van der Waals surface area contributed by atoms with Crippen LogP contribution in [0.5, 0.6) is 0 Å². The van der Waals surface area contributed by atoms with Crippen LogP contribution in [0.1, 0.15) is 25.5 Å². The minimum atomic E-state index is 0.206. The Balaban J connectivity index is 2.64. The van der Waals surface area contributed by atoms with Crippen LogP contribution in [0, 0.1) is 23.7 Å². The third-order valence-electron chi connectivity index (χ3n) is 1.98. The van der Waals surface area contributed by atoms with E-state index in [9.17, 15) is 0 Å². The summed E-state index contributed by atoms with van der Waals surface area (Å²) in [6.07, 6.45) is 9.78. The maximum absolute atomic E-state index is 8.54. The molecular weight excluding hydrogens is 188 g/mol. The fourth-order valence-electron chi connectivity index (χ4n) is 1.11. The molecule has 0 spiro atoms. The van der Waals surface area contributed by atoms with Crippen LogP contribution in [-0.2, 0) is 0 Å². The van der Waals surface area contributed by atoms with E-state index in [0.717, 1.165) is 6.42 Å². The number of anilines is 1. The molecular formula is C11H12N4. The fourth-order valence-corrected chi connectivity index (χ4v) is 1.11. The van der Waals surface area contributed by atoms with E-state index in [2.05, 4.69) is 21.2 Å². The lowest BCUT2D eigenvalue weighted by Gasteiger charge is -2.13. The molecule has 0 aliphatic carbocycles. The summed E-state index contributed by atoms with van der Waals surface area (Å²) in [6.45, 7) is 2.05. The quantitative estimate of drug-likeness (QED) is 0.749. The predicted octanol–water partition coefficient (Wildman–Crippen LogP) is 1.56. The van der Waals surface area contributed by atoms with Gasteiger partial charge < -0.3 is 5.32 Å². The Morgan fingerprint density at radius 3 is 2.80 bits per heavy atom. The highest BCUT2D eigenvalue weighted by Crippen LogP contribution is 2.07. The highest BCUT2D eigenvalue weighted by Gasteiger charge is 2.05. The molecule has 1 atom stereocenters. The van der Waals surface area contributed by atoms with Crippen LogP contribution >= 0.6 is 0 Å². The first-order chi connectivity index (χ1) is 7.30. The van der Waals surface area contributed by atoms with E-state index in [1.54, 1.807) is 0 Å². The molecule has 1 unspecified atom stereocenters. The van der Waals surface area contributed by atoms with Crippen LogP contribution in [-0.4, -0.2) is 16.0 Å². The standard InChI is InChI=1S/C11H12N4/c1-3-5-9(4-2)15-11-8-13-10(6-12)7-14-11/h1,7-9H,4-5H2,2H3,(H,14,15). The van der Waals surface area contributed by atoms with Crippen molar-refractivity contribution in [3.63, 3.8) is 0 Å². The highest BCUT2D eigenvalue weighted by atomic mass is 15.0. The molecule has 76 valence electrons. The van der Waals surface area contributed by atoms with Crippen LogP contribution in [0.15, 0.2) is 12.4 Å². The second-order valence-electron chi connectivity index (χ2n) is 3.06. The predicted molar refractivity (Wildman–Crippen MR) is 57.9 cm³/mol. The van der Waals surface area contributed by atoms with Crippen LogP contribution in [0.25, 0.3) is 0 Å². The van der Waals surface area contributed by atoms with E-state index in [-0.39, 0.29) is 6.04 Å². The van der Waals surface area contributed by atoms with Crippen LogP contribution in [0.3, 0.4) is 0 Å². The third-order valence-corrected chi connectivity index (χ3v) is 1.98. The van der Waals surface area contributed by atoms with Gasteiger partial charge in [0.25, 0.3) is 0 Å². The number of hydrogen-bond acceptors (Lipinski definition) is 4. The Morgan fingerprint density at radius 2 is 2.33 bits per heavy atom. The van der Waals surface area contributed by atoms with Crippen molar-refractivity contribution >= 4 is 5.82 Å². The van der Waals surface area contributed by atoms with Gasteiger partial charge in [0.05, 0.1) is 12.4 Å². The maximum Gasteiger partial charge on any atom is 0.158 e. The van der Waals surface area contributed by atoms with Gasteiger partial charge >= 0.3 is 0 Å². The lowest BCUT2D eigenvalue weighted by molar-refractivity contribution is 0.710. The van der Waals surface area contributed by atoms with Crippen LogP contribution in [0.2, 0.25) is 0 Å². The number of nitrogens with zero attached hydrogens (tertiary/aromatic N) is 3. The molecule has 0 saturated carbocycles. The third kappa shape index (κ3) is 3.28. The first-order valence-corrected chi connectivity index (χ1v) is 4.72. The molecule has 0 radical (unpaired) electrons. The van der Waals surface area contributed by atoms with Crippen molar-refractivity contribution in [2.24, 2.45) is 0 Å². The Hall–Kier alpha value is -2.07. The van der Waals surface area contributed by atoms with Crippen molar-refractivity contribution in [2.45, 2.75) is 25.8 Å². The molecule has 4 heteroatoms. The number of nitrogens with one attached hydrogen (secondary N) is 1. The molecule has 1 heterocycles. The highest BCUT2D eigenvalue weighted by molar-refractivity contribution is 5.34. The lowest BCUT2D eigenvalue weighted by atomic mass is 10.1. The molecule has 1 N–H and O–H groups in total. The molecule has 1 aromatic rings. The van der Waals surface area contributed by atoms with E-state index in [1.807, 2.05) is 13.0 Å². The molecule has 0 aliphatic rings.